The van der Waals surface area contributed by atoms with Gasteiger partial charge < -0.3 is 19.8 Å². The first-order valence-electron chi connectivity index (χ1n) is 6.91. The van der Waals surface area contributed by atoms with E-state index in [1.54, 1.807) is 20.4 Å². The van der Waals surface area contributed by atoms with Crippen molar-refractivity contribution < 1.29 is 9.15 Å². The minimum atomic E-state index is 0. The second-order valence-electron chi connectivity index (χ2n) is 4.53. The van der Waals surface area contributed by atoms with Crippen molar-refractivity contribution in [3.05, 3.63) is 54.0 Å². The predicted octanol–water partition coefficient (Wildman–Crippen LogP) is 2.81. The molecule has 0 amide bonds. The smallest absolute Gasteiger partial charge is 0.191 e. The lowest BCUT2D eigenvalue weighted by molar-refractivity contribution is 0.414. The Morgan fingerprint density at radius 2 is 1.95 bits per heavy atom. The molecule has 5 nitrogen and oxygen atoms in total. The summed E-state index contributed by atoms with van der Waals surface area (Å²) >= 11 is 0. The monoisotopic (exact) mass is 415 g/mol. The minimum absolute atomic E-state index is 0. The van der Waals surface area contributed by atoms with Crippen LogP contribution >= 0.6 is 24.0 Å². The van der Waals surface area contributed by atoms with Crippen LogP contribution in [0.15, 0.2) is 52.1 Å². The maximum Gasteiger partial charge on any atom is 0.191 e. The summed E-state index contributed by atoms with van der Waals surface area (Å²) in [5.41, 5.74) is 1.25. The summed E-state index contributed by atoms with van der Waals surface area (Å²) in [7, 11) is 3.43. The molecule has 0 saturated carbocycles. The van der Waals surface area contributed by atoms with Crippen LogP contribution in [-0.4, -0.2) is 26.7 Å². The maximum absolute atomic E-state index is 5.27. The molecule has 0 fully saturated rings. The van der Waals surface area contributed by atoms with E-state index >= 15 is 0 Å². The fraction of sp³-hybridized carbons (Fsp3) is 0.312. The lowest BCUT2D eigenvalue weighted by Crippen LogP contribution is -2.37. The average Bonchev–Trinajstić information content (AvgIpc) is 3.04. The highest BCUT2D eigenvalue weighted by atomic mass is 127. The second kappa shape index (κ2) is 10.1. The molecule has 2 N–H and O–H groups in total. The number of ether oxygens (including phenoxy) is 1. The Hall–Kier alpha value is -1.70. The molecule has 2 rings (SSSR count). The number of aliphatic imine (C=N–C) groups is 1. The number of methoxy groups -OCH3 is 1. The Bertz CT molecular complexity index is 553. The maximum atomic E-state index is 5.27. The fourth-order valence-corrected chi connectivity index (χ4v) is 1.92. The third-order valence-electron chi connectivity index (χ3n) is 3.10. The summed E-state index contributed by atoms with van der Waals surface area (Å²) < 4.78 is 10.4. The van der Waals surface area contributed by atoms with Gasteiger partial charge in [-0.25, -0.2) is 0 Å². The molecule has 22 heavy (non-hydrogen) atoms. The number of hydrogen-bond acceptors (Lipinski definition) is 3. The molecule has 0 radical (unpaired) electrons. The van der Waals surface area contributed by atoms with E-state index in [-0.39, 0.29) is 24.0 Å². The van der Waals surface area contributed by atoms with Gasteiger partial charge in [0, 0.05) is 13.6 Å². The fourth-order valence-electron chi connectivity index (χ4n) is 1.92. The van der Waals surface area contributed by atoms with Gasteiger partial charge in [-0.2, -0.15) is 0 Å². The number of rotatable bonds is 6. The number of nitrogens with zero attached hydrogens (tertiary/aromatic N) is 1. The molecular weight excluding hydrogens is 393 g/mol. The summed E-state index contributed by atoms with van der Waals surface area (Å²) in [4.78, 5) is 4.18. The molecule has 0 aliphatic rings. The molecule has 0 unspecified atom stereocenters. The zero-order chi connectivity index (χ0) is 14.9. The first-order valence-corrected chi connectivity index (χ1v) is 6.91. The van der Waals surface area contributed by atoms with Gasteiger partial charge >= 0.3 is 0 Å². The highest BCUT2D eigenvalue weighted by Crippen LogP contribution is 2.11. The average molecular weight is 415 g/mol. The Morgan fingerprint density at radius 1 is 1.18 bits per heavy atom. The van der Waals surface area contributed by atoms with E-state index in [1.807, 2.05) is 24.3 Å². The number of benzene rings is 1. The molecule has 2 aromatic rings. The number of nitrogens with one attached hydrogen (secondary N) is 2. The van der Waals surface area contributed by atoms with Crippen LogP contribution in [0.5, 0.6) is 5.75 Å². The first-order chi connectivity index (χ1) is 10.3. The van der Waals surface area contributed by atoms with Gasteiger partial charge in [0.1, 0.15) is 11.5 Å². The topological polar surface area (TPSA) is 58.8 Å². The number of guanidine groups is 1. The Labute approximate surface area is 148 Å². The van der Waals surface area contributed by atoms with E-state index in [0.29, 0.717) is 6.54 Å². The van der Waals surface area contributed by atoms with Crippen LogP contribution in [-0.2, 0) is 13.0 Å². The van der Waals surface area contributed by atoms with Crippen molar-refractivity contribution >= 4 is 29.9 Å². The molecule has 1 aromatic carbocycles. The summed E-state index contributed by atoms with van der Waals surface area (Å²) in [6.07, 6.45) is 2.59. The van der Waals surface area contributed by atoms with Crippen LogP contribution in [0.1, 0.15) is 11.3 Å². The van der Waals surface area contributed by atoms with Gasteiger partial charge in [0.2, 0.25) is 0 Å². The zero-order valence-electron chi connectivity index (χ0n) is 12.8. The van der Waals surface area contributed by atoms with Gasteiger partial charge in [0.15, 0.2) is 5.96 Å². The molecular formula is C16H22IN3O2. The normalized spacial score (nSPS) is 10.7. The van der Waals surface area contributed by atoms with Crippen LogP contribution < -0.4 is 15.4 Å². The SMILES string of the molecule is CN=C(NCCc1ccc(OC)cc1)NCc1ccco1.I. The molecule has 0 saturated heterocycles. The van der Waals surface area contributed by atoms with Crippen molar-refractivity contribution in [3.8, 4) is 5.75 Å². The largest absolute Gasteiger partial charge is 0.497 e. The van der Waals surface area contributed by atoms with Crippen molar-refractivity contribution in [2.45, 2.75) is 13.0 Å². The van der Waals surface area contributed by atoms with E-state index in [0.717, 1.165) is 30.4 Å². The van der Waals surface area contributed by atoms with Crippen molar-refractivity contribution in [2.24, 2.45) is 4.99 Å². The molecule has 6 heteroatoms. The van der Waals surface area contributed by atoms with E-state index < -0.39 is 0 Å². The summed E-state index contributed by atoms with van der Waals surface area (Å²) in [5, 5.41) is 6.48. The third kappa shape index (κ3) is 5.97. The first kappa shape index (κ1) is 18.3. The number of hydrogen-bond donors (Lipinski definition) is 2. The van der Waals surface area contributed by atoms with Crippen molar-refractivity contribution in [2.75, 3.05) is 20.7 Å². The van der Waals surface area contributed by atoms with Crippen molar-refractivity contribution in [3.63, 3.8) is 0 Å². The molecule has 0 aliphatic carbocycles. The minimum Gasteiger partial charge on any atom is -0.497 e. The van der Waals surface area contributed by atoms with Gasteiger partial charge in [-0.15, -0.1) is 24.0 Å². The van der Waals surface area contributed by atoms with E-state index in [4.69, 9.17) is 9.15 Å². The standard InChI is InChI=1S/C16H21N3O2.HI/c1-17-16(19-12-15-4-3-11-21-15)18-10-9-13-5-7-14(20-2)8-6-13;/h3-8,11H,9-10,12H2,1-2H3,(H2,17,18,19);1H. The van der Waals surface area contributed by atoms with Gasteiger partial charge in [-0.05, 0) is 36.2 Å². The molecule has 0 atom stereocenters. The lowest BCUT2D eigenvalue weighted by atomic mass is 10.1. The zero-order valence-corrected chi connectivity index (χ0v) is 15.2. The van der Waals surface area contributed by atoms with Gasteiger partial charge in [-0.3, -0.25) is 4.99 Å². The highest BCUT2D eigenvalue weighted by molar-refractivity contribution is 14.0. The van der Waals surface area contributed by atoms with Gasteiger partial charge in [0.25, 0.3) is 0 Å². The summed E-state index contributed by atoms with van der Waals surface area (Å²) in [6.45, 7) is 1.43. The van der Waals surface area contributed by atoms with Crippen LogP contribution in [0.4, 0.5) is 0 Å². The molecule has 1 heterocycles. The van der Waals surface area contributed by atoms with Crippen LogP contribution in [0, 0.1) is 0 Å². The summed E-state index contributed by atoms with van der Waals surface area (Å²) in [6, 6.07) is 11.9. The quantitative estimate of drug-likeness (QED) is 0.433. The van der Waals surface area contributed by atoms with Gasteiger partial charge in [0.05, 0.1) is 19.9 Å². The van der Waals surface area contributed by atoms with Crippen molar-refractivity contribution in [1.29, 1.82) is 0 Å². The number of halogens is 1. The van der Waals surface area contributed by atoms with Crippen LogP contribution in [0.25, 0.3) is 0 Å². The molecule has 0 aliphatic heterocycles. The Balaban J connectivity index is 0.00000242. The van der Waals surface area contributed by atoms with Crippen LogP contribution in [0.2, 0.25) is 0 Å². The molecule has 120 valence electrons. The Morgan fingerprint density at radius 3 is 2.55 bits per heavy atom. The van der Waals surface area contributed by atoms with E-state index in [9.17, 15) is 0 Å². The van der Waals surface area contributed by atoms with Crippen LogP contribution in [0.3, 0.4) is 0 Å². The number of furan rings is 1. The molecule has 1 aromatic heterocycles. The van der Waals surface area contributed by atoms with E-state index in [1.165, 1.54) is 5.56 Å². The summed E-state index contributed by atoms with van der Waals surface area (Å²) in [5.74, 6) is 2.52. The highest BCUT2D eigenvalue weighted by Gasteiger charge is 2.00. The lowest BCUT2D eigenvalue weighted by Gasteiger charge is -2.11. The Kier molecular flexibility index (Phi) is 8.42. The second-order valence-corrected chi connectivity index (χ2v) is 4.53. The van der Waals surface area contributed by atoms with E-state index in [2.05, 4.69) is 27.8 Å². The van der Waals surface area contributed by atoms with Crippen molar-refractivity contribution in [1.82, 2.24) is 10.6 Å². The third-order valence-corrected chi connectivity index (χ3v) is 3.10. The predicted molar refractivity (Wildman–Crippen MR) is 99.0 cm³/mol. The van der Waals surface area contributed by atoms with Gasteiger partial charge in [-0.1, -0.05) is 12.1 Å². The molecule has 0 spiro atoms. The molecule has 0 bridgehead atoms.